The van der Waals surface area contributed by atoms with Gasteiger partial charge in [-0.2, -0.15) is 0 Å². The second kappa shape index (κ2) is 11.1. The van der Waals surface area contributed by atoms with E-state index in [1.54, 1.807) is 24.8 Å². The molecule has 2 aromatic heterocycles. The van der Waals surface area contributed by atoms with Crippen molar-refractivity contribution in [2.24, 2.45) is 5.92 Å². The Hall–Kier alpha value is -2.70. The van der Waals surface area contributed by atoms with E-state index in [-0.39, 0.29) is 12.0 Å². The summed E-state index contributed by atoms with van der Waals surface area (Å²) in [7, 11) is 0. The topological polar surface area (TPSA) is 77.4 Å². The largest absolute Gasteiger partial charge is 0.493 e. The van der Waals surface area contributed by atoms with Crippen molar-refractivity contribution in [1.82, 2.24) is 19.9 Å². The molecule has 1 aliphatic carbocycles. The number of hydrogen-bond donors (Lipinski definition) is 0. The van der Waals surface area contributed by atoms with Gasteiger partial charge in [-0.1, -0.05) is 32.1 Å². The molecule has 2 aliphatic rings. The molecule has 1 amide bonds. The predicted molar refractivity (Wildman–Crippen MR) is 117 cm³/mol. The second-order valence-corrected chi connectivity index (χ2v) is 8.54. The van der Waals surface area contributed by atoms with E-state index in [9.17, 15) is 4.79 Å². The van der Waals surface area contributed by atoms with Crippen LogP contribution in [-0.2, 0) is 11.2 Å². The van der Waals surface area contributed by atoms with Gasteiger partial charge in [0.25, 0.3) is 0 Å². The van der Waals surface area contributed by atoms with Gasteiger partial charge < -0.3 is 14.4 Å². The van der Waals surface area contributed by atoms with E-state index in [4.69, 9.17) is 9.47 Å². The first-order chi connectivity index (χ1) is 15.3. The van der Waals surface area contributed by atoms with Crippen LogP contribution in [0.3, 0.4) is 0 Å². The van der Waals surface area contributed by atoms with Crippen molar-refractivity contribution in [3.8, 4) is 11.6 Å². The van der Waals surface area contributed by atoms with E-state index in [0.717, 1.165) is 37.5 Å². The van der Waals surface area contributed by atoms with E-state index in [1.165, 1.54) is 32.1 Å². The molecule has 7 nitrogen and oxygen atoms in total. The summed E-state index contributed by atoms with van der Waals surface area (Å²) in [5.41, 5.74) is 0.704. The van der Waals surface area contributed by atoms with Crippen LogP contribution in [-0.4, -0.2) is 51.6 Å². The van der Waals surface area contributed by atoms with E-state index in [0.29, 0.717) is 31.1 Å². The third kappa shape index (κ3) is 6.64. The minimum Gasteiger partial charge on any atom is -0.493 e. The Morgan fingerprint density at radius 2 is 1.87 bits per heavy atom. The van der Waals surface area contributed by atoms with Gasteiger partial charge in [0, 0.05) is 56.8 Å². The zero-order chi connectivity index (χ0) is 21.3. The standard InChI is InChI=1S/C24H32N4O3/c29-24(16-20-18-25-11-12-26-20)28-13-7-21(8-14-28)31-23-17-22(6-10-27-23)30-15-9-19-4-2-1-3-5-19/h6,10-12,17-19,21H,1-5,7-9,13-16H2. The fourth-order valence-electron chi connectivity index (χ4n) is 4.45. The second-order valence-electron chi connectivity index (χ2n) is 8.54. The average molecular weight is 425 g/mol. The lowest BCUT2D eigenvalue weighted by Gasteiger charge is -2.32. The van der Waals surface area contributed by atoms with Crippen molar-refractivity contribution in [3.05, 3.63) is 42.6 Å². The first-order valence-electron chi connectivity index (χ1n) is 11.5. The Labute approximate surface area is 184 Å². The summed E-state index contributed by atoms with van der Waals surface area (Å²) >= 11 is 0. The average Bonchev–Trinajstić information content (AvgIpc) is 2.81. The van der Waals surface area contributed by atoms with Gasteiger partial charge in [-0.3, -0.25) is 14.8 Å². The van der Waals surface area contributed by atoms with E-state index in [2.05, 4.69) is 15.0 Å². The number of ether oxygens (including phenoxy) is 2. The number of pyridine rings is 1. The third-order valence-electron chi connectivity index (χ3n) is 6.26. The Bertz CT molecular complexity index is 819. The van der Waals surface area contributed by atoms with Crippen LogP contribution in [0, 0.1) is 5.92 Å². The van der Waals surface area contributed by atoms with Gasteiger partial charge in [0.1, 0.15) is 11.9 Å². The molecule has 0 N–H and O–H groups in total. The minimum atomic E-state index is 0.0607. The Balaban J connectivity index is 1.19. The summed E-state index contributed by atoms with van der Waals surface area (Å²) in [5, 5.41) is 0. The van der Waals surface area contributed by atoms with Crippen molar-refractivity contribution in [2.45, 2.75) is 63.9 Å². The van der Waals surface area contributed by atoms with Crippen LogP contribution in [0.5, 0.6) is 11.6 Å². The number of rotatable bonds is 8. The molecule has 1 aliphatic heterocycles. The Morgan fingerprint density at radius 3 is 2.65 bits per heavy atom. The predicted octanol–water partition coefficient (Wildman–Crippen LogP) is 3.83. The van der Waals surface area contributed by atoms with Crippen LogP contribution in [0.15, 0.2) is 36.9 Å². The SMILES string of the molecule is O=C(Cc1cnccn1)N1CCC(Oc2cc(OCCC3CCCCC3)ccn2)CC1. The Kier molecular flexibility index (Phi) is 7.69. The van der Waals surface area contributed by atoms with E-state index < -0.39 is 0 Å². The molecule has 1 saturated carbocycles. The molecular formula is C24H32N4O3. The quantitative estimate of drug-likeness (QED) is 0.641. The van der Waals surface area contributed by atoms with Crippen LogP contribution in [0.25, 0.3) is 0 Å². The van der Waals surface area contributed by atoms with Gasteiger partial charge in [-0.15, -0.1) is 0 Å². The molecule has 3 heterocycles. The molecule has 2 aromatic rings. The van der Waals surface area contributed by atoms with Crippen molar-refractivity contribution in [2.75, 3.05) is 19.7 Å². The fraction of sp³-hybridized carbons (Fsp3) is 0.583. The summed E-state index contributed by atoms with van der Waals surface area (Å²) < 4.78 is 12.0. The number of hydrogen-bond acceptors (Lipinski definition) is 6. The summed E-state index contributed by atoms with van der Waals surface area (Å²) in [5.74, 6) is 2.32. The first-order valence-corrected chi connectivity index (χ1v) is 11.5. The van der Waals surface area contributed by atoms with Crippen LogP contribution >= 0.6 is 0 Å². The third-order valence-corrected chi connectivity index (χ3v) is 6.26. The number of carbonyl (C=O) groups is 1. The maximum Gasteiger partial charge on any atom is 0.228 e. The maximum absolute atomic E-state index is 12.5. The van der Waals surface area contributed by atoms with Gasteiger partial charge in [-0.05, 0) is 18.4 Å². The number of carbonyl (C=O) groups excluding carboxylic acids is 1. The van der Waals surface area contributed by atoms with Gasteiger partial charge >= 0.3 is 0 Å². The first kappa shape index (κ1) is 21.5. The number of nitrogens with zero attached hydrogens (tertiary/aromatic N) is 4. The molecule has 0 aromatic carbocycles. The molecule has 0 unspecified atom stereocenters. The van der Waals surface area contributed by atoms with Crippen molar-refractivity contribution < 1.29 is 14.3 Å². The monoisotopic (exact) mass is 424 g/mol. The summed E-state index contributed by atoms with van der Waals surface area (Å²) in [4.78, 5) is 26.9. The highest BCUT2D eigenvalue weighted by Crippen LogP contribution is 2.27. The molecule has 31 heavy (non-hydrogen) atoms. The highest BCUT2D eigenvalue weighted by atomic mass is 16.5. The summed E-state index contributed by atoms with van der Waals surface area (Å²) in [6, 6.07) is 3.77. The molecule has 4 rings (SSSR count). The smallest absolute Gasteiger partial charge is 0.228 e. The summed E-state index contributed by atoms with van der Waals surface area (Å²) in [6.45, 7) is 2.11. The number of amides is 1. The van der Waals surface area contributed by atoms with Crippen molar-refractivity contribution in [1.29, 1.82) is 0 Å². The number of piperidine rings is 1. The van der Waals surface area contributed by atoms with Crippen LogP contribution < -0.4 is 9.47 Å². The molecule has 166 valence electrons. The minimum absolute atomic E-state index is 0.0607. The van der Waals surface area contributed by atoms with Crippen molar-refractivity contribution >= 4 is 5.91 Å². The molecule has 2 fully saturated rings. The highest BCUT2D eigenvalue weighted by molar-refractivity contribution is 5.78. The van der Waals surface area contributed by atoms with Gasteiger partial charge in [0.05, 0.1) is 18.7 Å². The molecule has 1 saturated heterocycles. The van der Waals surface area contributed by atoms with E-state index >= 15 is 0 Å². The molecule has 0 spiro atoms. The van der Waals surface area contributed by atoms with Gasteiger partial charge in [0.2, 0.25) is 11.8 Å². The highest BCUT2D eigenvalue weighted by Gasteiger charge is 2.24. The van der Waals surface area contributed by atoms with Crippen LogP contribution in [0.1, 0.15) is 57.1 Å². The maximum atomic E-state index is 12.5. The zero-order valence-electron chi connectivity index (χ0n) is 18.1. The lowest BCUT2D eigenvalue weighted by atomic mass is 9.87. The molecule has 7 heteroatoms. The number of aromatic nitrogens is 3. The molecule has 0 bridgehead atoms. The van der Waals surface area contributed by atoms with Crippen LogP contribution in [0.2, 0.25) is 0 Å². The molecule has 0 radical (unpaired) electrons. The van der Waals surface area contributed by atoms with Gasteiger partial charge in [-0.25, -0.2) is 4.98 Å². The van der Waals surface area contributed by atoms with Crippen molar-refractivity contribution in [3.63, 3.8) is 0 Å². The zero-order valence-corrected chi connectivity index (χ0v) is 18.1. The molecular weight excluding hydrogens is 392 g/mol. The van der Waals surface area contributed by atoms with Crippen LogP contribution in [0.4, 0.5) is 0 Å². The summed E-state index contributed by atoms with van der Waals surface area (Å²) in [6.07, 6.45) is 16.5. The normalized spacial score (nSPS) is 18.0. The number of likely N-dealkylation sites (tertiary alicyclic amines) is 1. The molecule has 0 atom stereocenters. The lowest BCUT2D eigenvalue weighted by Crippen LogP contribution is -2.42. The fourth-order valence-corrected chi connectivity index (χ4v) is 4.45. The van der Waals surface area contributed by atoms with Gasteiger partial charge in [0.15, 0.2) is 0 Å². The Morgan fingerprint density at radius 1 is 1.03 bits per heavy atom. The lowest BCUT2D eigenvalue weighted by molar-refractivity contribution is -0.132. The van der Waals surface area contributed by atoms with E-state index in [1.807, 2.05) is 17.0 Å².